The number of rotatable bonds is 6. The van der Waals surface area contributed by atoms with Crippen molar-refractivity contribution in [2.45, 2.75) is 13.5 Å². The first-order valence-electron chi connectivity index (χ1n) is 7.73. The second-order valence-corrected chi connectivity index (χ2v) is 5.18. The molecule has 0 atom stereocenters. The van der Waals surface area contributed by atoms with Gasteiger partial charge in [0, 0.05) is 5.56 Å². The average Bonchev–Trinajstić information content (AvgIpc) is 3.12. The second-order valence-electron chi connectivity index (χ2n) is 5.18. The zero-order chi connectivity index (χ0) is 17.6. The van der Waals surface area contributed by atoms with Gasteiger partial charge in [-0.25, -0.2) is 9.18 Å². The lowest BCUT2D eigenvalue weighted by Crippen LogP contribution is -2.06. The Morgan fingerprint density at radius 3 is 2.48 bits per heavy atom. The van der Waals surface area contributed by atoms with Crippen molar-refractivity contribution in [3.8, 4) is 17.0 Å². The first-order chi connectivity index (χ1) is 12.2. The number of nitrogens with one attached hydrogen (secondary N) is 1. The summed E-state index contributed by atoms with van der Waals surface area (Å²) in [5.41, 5.74) is 2.25. The number of ether oxygens (including phenoxy) is 2. The smallest absolute Gasteiger partial charge is 0.361 e. The van der Waals surface area contributed by atoms with E-state index in [9.17, 15) is 9.18 Å². The van der Waals surface area contributed by atoms with Crippen molar-refractivity contribution in [3.05, 3.63) is 65.6 Å². The minimum Gasteiger partial charge on any atom is -0.489 e. The van der Waals surface area contributed by atoms with Crippen LogP contribution in [0.2, 0.25) is 0 Å². The number of hydrogen-bond donors (Lipinski definition) is 1. The van der Waals surface area contributed by atoms with Gasteiger partial charge >= 0.3 is 5.97 Å². The average molecular weight is 341 g/mol. The molecule has 0 aliphatic rings. The van der Waals surface area contributed by atoms with E-state index in [1.807, 2.05) is 24.3 Å². The van der Waals surface area contributed by atoms with E-state index in [-0.39, 0.29) is 18.1 Å². The molecule has 1 N–H and O–H groups in total. The summed E-state index contributed by atoms with van der Waals surface area (Å²) in [5.74, 6) is -0.233. The topological polar surface area (TPSA) is 77.1 Å². The number of halogens is 1. The molecule has 0 radical (unpaired) electrons. The normalized spacial score (nSPS) is 10.5. The third-order valence-electron chi connectivity index (χ3n) is 3.46. The van der Waals surface area contributed by atoms with Crippen molar-refractivity contribution in [1.29, 1.82) is 0 Å². The van der Waals surface area contributed by atoms with Gasteiger partial charge in [0.1, 0.15) is 23.9 Å². The summed E-state index contributed by atoms with van der Waals surface area (Å²) in [4.78, 5) is 11.9. The van der Waals surface area contributed by atoms with Gasteiger partial charge in [0.25, 0.3) is 0 Å². The van der Waals surface area contributed by atoms with Crippen molar-refractivity contribution in [2.24, 2.45) is 0 Å². The minimum absolute atomic E-state index is 0.150. The van der Waals surface area contributed by atoms with Gasteiger partial charge in [-0.15, -0.1) is 5.10 Å². The first kappa shape index (κ1) is 16.6. The number of esters is 1. The third kappa shape index (κ3) is 4.00. The molecule has 6 nitrogen and oxygen atoms in total. The van der Waals surface area contributed by atoms with Gasteiger partial charge in [0.2, 0.25) is 0 Å². The molecular weight excluding hydrogens is 325 g/mol. The number of nitrogens with zero attached hydrogens (tertiary/aromatic N) is 2. The minimum atomic E-state index is -0.519. The van der Waals surface area contributed by atoms with Gasteiger partial charge in [-0.2, -0.15) is 10.3 Å². The van der Waals surface area contributed by atoms with E-state index in [0.717, 1.165) is 11.1 Å². The Morgan fingerprint density at radius 2 is 1.80 bits per heavy atom. The molecule has 0 unspecified atom stereocenters. The molecule has 0 aliphatic heterocycles. The summed E-state index contributed by atoms with van der Waals surface area (Å²) in [5, 5.41) is 10.3. The molecule has 0 spiro atoms. The highest BCUT2D eigenvalue weighted by molar-refractivity contribution is 5.93. The Balaban J connectivity index is 1.69. The van der Waals surface area contributed by atoms with Crippen molar-refractivity contribution in [1.82, 2.24) is 15.4 Å². The molecule has 3 rings (SSSR count). The predicted octanol–water partition coefficient (Wildman–Crippen LogP) is 3.37. The molecule has 25 heavy (non-hydrogen) atoms. The lowest BCUT2D eigenvalue weighted by Gasteiger charge is -2.07. The predicted molar refractivity (Wildman–Crippen MR) is 88.5 cm³/mol. The number of benzene rings is 2. The molecule has 0 saturated heterocycles. The van der Waals surface area contributed by atoms with Gasteiger partial charge < -0.3 is 9.47 Å². The maximum absolute atomic E-state index is 12.9. The van der Waals surface area contributed by atoms with Crippen LogP contribution in [0.25, 0.3) is 11.3 Å². The van der Waals surface area contributed by atoms with Gasteiger partial charge in [-0.1, -0.05) is 24.3 Å². The van der Waals surface area contributed by atoms with E-state index >= 15 is 0 Å². The van der Waals surface area contributed by atoms with E-state index < -0.39 is 5.97 Å². The number of H-pyrrole nitrogens is 1. The van der Waals surface area contributed by atoms with Gasteiger partial charge in [-0.05, 0) is 36.8 Å². The van der Waals surface area contributed by atoms with Crippen LogP contribution in [0.4, 0.5) is 4.39 Å². The summed E-state index contributed by atoms with van der Waals surface area (Å²) in [6.45, 7) is 2.34. The zero-order valence-electron chi connectivity index (χ0n) is 13.5. The lowest BCUT2D eigenvalue weighted by atomic mass is 10.1. The van der Waals surface area contributed by atoms with Crippen molar-refractivity contribution >= 4 is 5.97 Å². The number of hydrogen-bond acceptors (Lipinski definition) is 5. The molecule has 1 heterocycles. The fourth-order valence-electron chi connectivity index (χ4n) is 2.23. The number of aromatic nitrogens is 3. The molecule has 3 aromatic rings. The van der Waals surface area contributed by atoms with Crippen molar-refractivity contribution < 1.29 is 18.7 Å². The van der Waals surface area contributed by atoms with E-state index in [1.165, 1.54) is 12.1 Å². The van der Waals surface area contributed by atoms with Crippen LogP contribution in [0.3, 0.4) is 0 Å². The molecule has 1 aromatic heterocycles. The van der Waals surface area contributed by atoms with Crippen LogP contribution in [0.5, 0.6) is 5.75 Å². The van der Waals surface area contributed by atoms with Crippen LogP contribution >= 0.6 is 0 Å². The second kappa shape index (κ2) is 7.57. The quantitative estimate of drug-likeness (QED) is 0.696. The third-order valence-corrected chi connectivity index (χ3v) is 3.46. The Kier molecular flexibility index (Phi) is 5.03. The molecular formula is C18H16FN3O3. The number of carbonyl (C=O) groups excluding carboxylic acids is 1. The Morgan fingerprint density at radius 1 is 1.08 bits per heavy atom. The van der Waals surface area contributed by atoms with Crippen LogP contribution in [0, 0.1) is 5.82 Å². The van der Waals surface area contributed by atoms with Crippen LogP contribution in [0.15, 0.2) is 48.5 Å². The largest absolute Gasteiger partial charge is 0.489 e. The highest BCUT2D eigenvalue weighted by Crippen LogP contribution is 2.21. The zero-order valence-corrected chi connectivity index (χ0v) is 13.5. The SMILES string of the molecule is CCOC(=O)c1n[nH]nc1-c1ccc(COc2ccc(F)cc2)cc1. The van der Waals surface area contributed by atoms with Crippen LogP contribution in [0.1, 0.15) is 23.0 Å². The molecule has 0 aliphatic carbocycles. The number of aromatic amines is 1. The summed E-state index contributed by atoms with van der Waals surface area (Å²) in [7, 11) is 0. The standard InChI is InChI=1S/C18H16FN3O3/c1-2-24-18(23)17-16(20-22-21-17)13-5-3-12(4-6-13)11-25-15-9-7-14(19)8-10-15/h3-10H,2,11H2,1H3,(H,20,21,22). The molecule has 0 fully saturated rings. The lowest BCUT2D eigenvalue weighted by molar-refractivity contribution is 0.0520. The fourth-order valence-corrected chi connectivity index (χ4v) is 2.23. The Hall–Kier alpha value is -3.22. The molecule has 7 heteroatoms. The summed E-state index contributed by atoms with van der Waals surface area (Å²) in [6, 6.07) is 13.2. The van der Waals surface area contributed by atoms with Gasteiger partial charge in [0.05, 0.1) is 6.61 Å². The maximum atomic E-state index is 12.9. The first-order valence-corrected chi connectivity index (χ1v) is 7.73. The van der Waals surface area contributed by atoms with E-state index in [4.69, 9.17) is 9.47 Å². The fraction of sp³-hybridized carbons (Fsp3) is 0.167. The maximum Gasteiger partial charge on any atom is 0.361 e. The molecule has 128 valence electrons. The van der Waals surface area contributed by atoms with Crippen molar-refractivity contribution in [2.75, 3.05) is 6.61 Å². The Labute approximate surface area is 143 Å². The van der Waals surface area contributed by atoms with E-state index in [1.54, 1.807) is 19.1 Å². The van der Waals surface area contributed by atoms with Gasteiger partial charge in [0.15, 0.2) is 5.69 Å². The van der Waals surface area contributed by atoms with Crippen LogP contribution in [-0.2, 0) is 11.3 Å². The van der Waals surface area contributed by atoms with Crippen LogP contribution in [-0.4, -0.2) is 28.0 Å². The Bertz CT molecular complexity index is 845. The number of carbonyl (C=O) groups is 1. The molecule has 0 bridgehead atoms. The summed E-state index contributed by atoms with van der Waals surface area (Å²) in [6.07, 6.45) is 0. The highest BCUT2D eigenvalue weighted by Gasteiger charge is 2.18. The molecule has 0 saturated carbocycles. The van der Waals surface area contributed by atoms with Crippen molar-refractivity contribution in [3.63, 3.8) is 0 Å². The highest BCUT2D eigenvalue weighted by atomic mass is 19.1. The molecule has 2 aromatic carbocycles. The molecule has 0 amide bonds. The van der Waals surface area contributed by atoms with Gasteiger partial charge in [-0.3, -0.25) is 0 Å². The summed E-state index contributed by atoms with van der Waals surface area (Å²) >= 11 is 0. The van der Waals surface area contributed by atoms with Crippen LogP contribution < -0.4 is 4.74 Å². The van der Waals surface area contributed by atoms with E-state index in [2.05, 4.69) is 15.4 Å². The summed E-state index contributed by atoms with van der Waals surface area (Å²) < 4.78 is 23.4. The van der Waals surface area contributed by atoms with E-state index in [0.29, 0.717) is 18.1 Å². The monoisotopic (exact) mass is 341 g/mol.